The van der Waals surface area contributed by atoms with E-state index in [9.17, 15) is 4.79 Å². The molecule has 16 heavy (non-hydrogen) atoms. The second-order valence-electron chi connectivity index (χ2n) is 4.06. The molecule has 0 saturated heterocycles. The van der Waals surface area contributed by atoms with Crippen LogP contribution in [-0.2, 0) is 4.79 Å². The second-order valence-corrected chi connectivity index (χ2v) is 4.06. The normalized spacial score (nSPS) is 26.6. The summed E-state index contributed by atoms with van der Waals surface area (Å²) >= 11 is 0. The van der Waals surface area contributed by atoms with E-state index in [0.29, 0.717) is 5.22 Å². The third-order valence-corrected chi connectivity index (χ3v) is 2.72. The van der Waals surface area contributed by atoms with Crippen LogP contribution in [0.5, 0.6) is 0 Å². The minimum Gasteiger partial charge on any atom is -0.318 e. The van der Waals surface area contributed by atoms with Gasteiger partial charge in [0.2, 0.25) is 0 Å². The van der Waals surface area contributed by atoms with Gasteiger partial charge < -0.3 is 5.73 Å². The highest BCUT2D eigenvalue weighted by atomic mass is 16.1. The third kappa shape index (κ3) is 1.76. The van der Waals surface area contributed by atoms with Gasteiger partial charge in [-0.05, 0) is 23.8 Å². The molecule has 1 atom stereocenters. The third-order valence-electron chi connectivity index (χ3n) is 2.72. The summed E-state index contributed by atoms with van der Waals surface area (Å²) in [5.41, 5.74) is 6.57. The average molecular weight is 211 g/mol. The van der Waals surface area contributed by atoms with Gasteiger partial charge in [-0.1, -0.05) is 42.5 Å². The first-order chi connectivity index (χ1) is 7.65. The van der Waals surface area contributed by atoms with Gasteiger partial charge in [-0.25, -0.2) is 4.79 Å². The number of benzene rings is 1. The summed E-state index contributed by atoms with van der Waals surface area (Å²) in [6.45, 7) is 1.92. The van der Waals surface area contributed by atoms with Crippen molar-refractivity contribution >= 4 is 11.5 Å². The van der Waals surface area contributed by atoms with E-state index >= 15 is 0 Å². The summed E-state index contributed by atoms with van der Waals surface area (Å²) in [6.07, 6.45) is 7.70. The topological polar surface area (TPSA) is 43.1 Å². The van der Waals surface area contributed by atoms with E-state index < -0.39 is 5.54 Å². The first-order valence-electron chi connectivity index (χ1n) is 5.15. The number of allylic oxidation sites excluding steroid dienone is 2. The zero-order chi connectivity index (χ0) is 11.6. The van der Waals surface area contributed by atoms with Crippen molar-refractivity contribution in [2.75, 3.05) is 0 Å². The number of rotatable bonds is 0. The molecular formula is C14H13NO. The van der Waals surface area contributed by atoms with Gasteiger partial charge in [0.25, 0.3) is 0 Å². The van der Waals surface area contributed by atoms with Gasteiger partial charge in [-0.15, -0.1) is 0 Å². The largest absolute Gasteiger partial charge is 0.318 e. The minimum absolute atomic E-state index is 0.540. The summed E-state index contributed by atoms with van der Waals surface area (Å²) in [6, 6.07) is 7.35. The lowest BCUT2D eigenvalue weighted by Crippen LogP contribution is -2.42. The fourth-order valence-corrected chi connectivity index (χ4v) is 1.86. The molecule has 0 radical (unpaired) electrons. The van der Waals surface area contributed by atoms with E-state index in [1.807, 2.05) is 55.4 Å². The molecule has 1 aliphatic rings. The monoisotopic (exact) mass is 211 g/mol. The highest BCUT2D eigenvalue weighted by Gasteiger charge is 2.20. The van der Waals surface area contributed by atoms with Gasteiger partial charge in [0.05, 0.1) is 10.8 Å². The molecule has 0 bridgehead atoms. The van der Waals surface area contributed by atoms with Crippen LogP contribution in [0.2, 0.25) is 0 Å². The maximum atomic E-state index is 10.9. The maximum Gasteiger partial charge on any atom is 0.133 e. The molecule has 0 heterocycles. The number of carbonyl (C=O) groups excluding carboxylic acids is 1. The molecule has 0 spiro atoms. The average Bonchev–Trinajstić information content (AvgIpc) is 2.28. The summed E-state index contributed by atoms with van der Waals surface area (Å²) in [7, 11) is 0. The van der Waals surface area contributed by atoms with E-state index in [4.69, 9.17) is 5.73 Å². The van der Waals surface area contributed by atoms with Gasteiger partial charge in [0.15, 0.2) is 0 Å². The van der Waals surface area contributed by atoms with E-state index in [-0.39, 0.29) is 0 Å². The van der Waals surface area contributed by atoms with Crippen molar-refractivity contribution in [2.45, 2.75) is 12.5 Å². The Morgan fingerprint density at radius 3 is 2.69 bits per heavy atom. The van der Waals surface area contributed by atoms with Gasteiger partial charge in [-0.2, -0.15) is 0 Å². The minimum atomic E-state index is -0.540. The summed E-state index contributed by atoms with van der Waals surface area (Å²) < 4.78 is 0. The second kappa shape index (κ2) is 3.93. The molecule has 2 heteroatoms. The Bertz CT molecular complexity index is 602. The van der Waals surface area contributed by atoms with Crippen LogP contribution < -0.4 is 16.2 Å². The zero-order valence-electron chi connectivity index (χ0n) is 9.10. The fourth-order valence-electron chi connectivity index (χ4n) is 1.86. The first kappa shape index (κ1) is 10.6. The van der Waals surface area contributed by atoms with Crippen molar-refractivity contribution in [1.29, 1.82) is 0 Å². The smallest absolute Gasteiger partial charge is 0.133 e. The lowest BCUT2D eigenvalue weighted by Gasteiger charge is -2.24. The molecule has 0 amide bonds. The standard InChI is InChI=1S/C14H13NO/c1-14(15)9-5-4-8-13(14)12-7-3-2-6-11(12)10-16/h2-9H,15H2,1H3. The van der Waals surface area contributed by atoms with Crippen molar-refractivity contribution in [3.05, 3.63) is 59.0 Å². The Balaban J connectivity index is 2.89. The SMILES string of the molecule is CC1(N)C=CC=CC1=c1ccccc1=C=O. The highest BCUT2D eigenvalue weighted by molar-refractivity contribution is 5.71. The van der Waals surface area contributed by atoms with Gasteiger partial charge in [0.1, 0.15) is 5.94 Å². The molecule has 80 valence electrons. The Morgan fingerprint density at radius 1 is 1.25 bits per heavy atom. The predicted octanol–water partition coefficient (Wildman–Crippen LogP) is 0.184. The maximum absolute atomic E-state index is 10.9. The van der Waals surface area contributed by atoms with Crippen molar-refractivity contribution < 1.29 is 4.79 Å². The van der Waals surface area contributed by atoms with Crippen LogP contribution in [0.3, 0.4) is 0 Å². The molecule has 2 rings (SSSR count). The number of hydrogen-bond donors (Lipinski definition) is 1. The molecule has 0 fully saturated rings. The van der Waals surface area contributed by atoms with Crippen LogP contribution in [-0.4, -0.2) is 11.5 Å². The molecule has 1 aromatic rings. The lowest BCUT2D eigenvalue weighted by atomic mass is 9.87. The molecule has 0 aromatic heterocycles. The van der Waals surface area contributed by atoms with Crippen molar-refractivity contribution in [3.63, 3.8) is 0 Å². The molecule has 2 nitrogen and oxygen atoms in total. The zero-order valence-corrected chi connectivity index (χ0v) is 9.10. The Kier molecular flexibility index (Phi) is 2.61. The van der Waals surface area contributed by atoms with Crippen LogP contribution >= 0.6 is 0 Å². The fraction of sp³-hybridized carbons (Fsp3) is 0.143. The van der Waals surface area contributed by atoms with Crippen molar-refractivity contribution in [3.8, 4) is 0 Å². The van der Waals surface area contributed by atoms with Crippen molar-refractivity contribution in [2.24, 2.45) is 5.73 Å². The van der Waals surface area contributed by atoms with Gasteiger partial charge in [-0.3, -0.25) is 0 Å². The first-order valence-corrected chi connectivity index (χ1v) is 5.15. The highest BCUT2D eigenvalue weighted by Crippen LogP contribution is 2.19. The Hall–Kier alpha value is -1.89. The lowest BCUT2D eigenvalue weighted by molar-refractivity contribution is 0.567. The molecule has 1 aromatic carbocycles. The molecular weight excluding hydrogens is 198 g/mol. The summed E-state index contributed by atoms with van der Waals surface area (Å²) in [5, 5.41) is 1.40. The van der Waals surface area contributed by atoms with Crippen LogP contribution in [0.15, 0.2) is 48.6 Å². The quantitative estimate of drug-likeness (QED) is 0.665. The number of hydrogen-bond acceptors (Lipinski definition) is 2. The molecule has 0 saturated carbocycles. The van der Waals surface area contributed by atoms with Gasteiger partial charge in [0, 0.05) is 0 Å². The molecule has 1 aliphatic carbocycles. The van der Waals surface area contributed by atoms with Crippen LogP contribution in [0, 0.1) is 0 Å². The summed E-state index contributed by atoms with van der Waals surface area (Å²) in [5.74, 6) is 1.95. The Labute approximate surface area is 94.1 Å². The van der Waals surface area contributed by atoms with Gasteiger partial charge >= 0.3 is 0 Å². The van der Waals surface area contributed by atoms with Crippen LogP contribution in [0.25, 0.3) is 5.57 Å². The van der Waals surface area contributed by atoms with E-state index in [0.717, 1.165) is 10.8 Å². The van der Waals surface area contributed by atoms with E-state index in [1.54, 1.807) is 6.07 Å². The molecule has 0 aliphatic heterocycles. The predicted molar refractivity (Wildman–Crippen MR) is 64.8 cm³/mol. The van der Waals surface area contributed by atoms with E-state index in [2.05, 4.69) is 0 Å². The molecule has 2 N–H and O–H groups in total. The molecule has 1 unspecified atom stereocenters. The van der Waals surface area contributed by atoms with Crippen LogP contribution in [0.4, 0.5) is 0 Å². The van der Waals surface area contributed by atoms with Crippen molar-refractivity contribution in [1.82, 2.24) is 0 Å². The van der Waals surface area contributed by atoms with Crippen LogP contribution in [0.1, 0.15) is 6.92 Å². The van der Waals surface area contributed by atoms with E-state index in [1.165, 1.54) is 0 Å². The summed E-state index contributed by atoms with van der Waals surface area (Å²) in [4.78, 5) is 10.9. The Morgan fingerprint density at radius 2 is 2.00 bits per heavy atom. The number of nitrogens with two attached hydrogens (primary N) is 1.